The standard InChI is InChI=1S/C29H35N5O2S/c1-29(2)18-23-25(28(34-12-14-36-15-13-34)37-26(23)27(35)32-29)22-6-7-31-24(17-22)21-5-3-4-20(16-21)19-33-10-8-30-9-11-33/h3-7,16-17,30H,8-15,18-19H2,1-2H3,(H,32,35). The average Bonchev–Trinajstić information content (AvgIpc) is 3.29. The summed E-state index contributed by atoms with van der Waals surface area (Å²) in [6.45, 7) is 12.5. The first kappa shape index (κ1) is 24.6. The molecule has 0 saturated carbocycles. The van der Waals surface area contributed by atoms with Gasteiger partial charge in [-0.3, -0.25) is 14.7 Å². The Labute approximate surface area is 222 Å². The maximum atomic E-state index is 13.1. The highest BCUT2D eigenvalue weighted by Gasteiger charge is 2.36. The molecule has 8 heteroatoms. The molecule has 5 heterocycles. The van der Waals surface area contributed by atoms with Gasteiger partial charge in [0.05, 0.1) is 23.8 Å². The van der Waals surface area contributed by atoms with E-state index in [1.807, 2.05) is 6.20 Å². The van der Waals surface area contributed by atoms with Gasteiger partial charge < -0.3 is 20.3 Å². The van der Waals surface area contributed by atoms with Gasteiger partial charge >= 0.3 is 0 Å². The second-order valence-corrected chi connectivity index (χ2v) is 11.9. The first-order valence-corrected chi connectivity index (χ1v) is 14.1. The number of carbonyl (C=O) groups excluding carboxylic acids is 1. The van der Waals surface area contributed by atoms with E-state index in [1.54, 1.807) is 11.3 Å². The number of hydrogen-bond donors (Lipinski definition) is 2. The minimum atomic E-state index is -0.281. The molecule has 3 aliphatic rings. The highest BCUT2D eigenvalue weighted by molar-refractivity contribution is 7.19. The molecule has 0 aliphatic carbocycles. The molecular weight excluding hydrogens is 482 g/mol. The van der Waals surface area contributed by atoms with Crippen LogP contribution in [0.2, 0.25) is 0 Å². The van der Waals surface area contributed by atoms with E-state index in [4.69, 9.17) is 9.72 Å². The number of benzene rings is 1. The van der Waals surface area contributed by atoms with Crippen LogP contribution in [0.3, 0.4) is 0 Å². The van der Waals surface area contributed by atoms with E-state index < -0.39 is 0 Å². The number of hydrogen-bond acceptors (Lipinski definition) is 7. The lowest BCUT2D eigenvalue weighted by molar-refractivity contribution is 0.0902. The van der Waals surface area contributed by atoms with E-state index in [9.17, 15) is 4.79 Å². The number of thiophene rings is 1. The van der Waals surface area contributed by atoms with Gasteiger partial charge in [-0.05, 0) is 55.2 Å². The Morgan fingerprint density at radius 3 is 2.68 bits per heavy atom. The smallest absolute Gasteiger partial charge is 0.262 e. The van der Waals surface area contributed by atoms with Gasteiger partial charge in [-0.1, -0.05) is 18.2 Å². The lowest BCUT2D eigenvalue weighted by Gasteiger charge is -2.31. The number of piperazine rings is 1. The molecule has 0 unspecified atom stereocenters. The van der Waals surface area contributed by atoms with Gasteiger partial charge in [-0.25, -0.2) is 0 Å². The van der Waals surface area contributed by atoms with Gasteiger partial charge in [0.25, 0.3) is 5.91 Å². The van der Waals surface area contributed by atoms with Crippen molar-refractivity contribution in [3.63, 3.8) is 0 Å². The Morgan fingerprint density at radius 2 is 1.86 bits per heavy atom. The summed E-state index contributed by atoms with van der Waals surface area (Å²) in [7, 11) is 0. The summed E-state index contributed by atoms with van der Waals surface area (Å²) < 4.78 is 5.63. The number of pyridine rings is 1. The molecule has 0 bridgehead atoms. The zero-order valence-electron chi connectivity index (χ0n) is 21.7. The summed E-state index contributed by atoms with van der Waals surface area (Å²) in [5.41, 5.74) is 6.59. The molecule has 0 spiro atoms. The molecule has 2 N–H and O–H groups in total. The van der Waals surface area contributed by atoms with E-state index in [-0.39, 0.29) is 11.4 Å². The van der Waals surface area contributed by atoms with E-state index in [0.29, 0.717) is 13.2 Å². The molecule has 1 amide bonds. The fourth-order valence-electron chi connectivity index (χ4n) is 5.64. The van der Waals surface area contributed by atoms with Crippen LogP contribution in [0, 0.1) is 0 Å². The highest BCUT2D eigenvalue weighted by atomic mass is 32.1. The van der Waals surface area contributed by atoms with Crippen LogP contribution in [0.4, 0.5) is 5.00 Å². The van der Waals surface area contributed by atoms with E-state index in [2.05, 4.69) is 70.7 Å². The Kier molecular flexibility index (Phi) is 6.75. The molecule has 7 nitrogen and oxygen atoms in total. The summed E-state index contributed by atoms with van der Waals surface area (Å²) >= 11 is 1.62. The van der Waals surface area contributed by atoms with Crippen molar-refractivity contribution >= 4 is 22.2 Å². The maximum Gasteiger partial charge on any atom is 0.262 e. The van der Waals surface area contributed by atoms with Crippen molar-refractivity contribution in [1.82, 2.24) is 20.5 Å². The Balaban J connectivity index is 1.39. The van der Waals surface area contributed by atoms with Crippen molar-refractivity contribution in [1.29, 1.82) is 0 Å². The Hall–Kier alpha value is -2.78. The van der Waals surface area contributed by atoms with Gasteiger partial charge in [0.15, 0.2) is 0 Å². The quantitative estimate of drug-likeness (QED) is 0.537. The maximum absolute atomic E-state index is 13.1. The predicted molar refractivity (Wildman–Crippen MR) is 149 cm³/mol. The molecule has 0 radical (unpaired) electrons. The molecule has 1 aromatic carbocycles. The van der Waals surface area contributed by atoms with Crippen LogP contribution in [0.1, 0.15) is 34.6 Å². The fraction of sp³-hybridized carbons (Fsp3) is 0.448. The third-order valence-corrected chi connectivity index (χ3v) is 8.74. The van der Waals surface area contributed by atoms with Gasteiger partial charge in [-0.15, -0.1) is 11.3 Å². The third kappa shape index (κ3) is 5.16. The van der Waals surface area contributed by atoms with Crippen LogP contribution in [-0.2, 0) is 17.7 Å². The fourth-order valence-corrected chi connectivity index (χ4v) is 6.93. The van der Waals surface area contributed by atoms with Gasteiger partial charge in [0.1, 0.15) is 5.00 Å². The average molecular weight is 518 g/mol. The monoisotopic (exact) mass is 517 g/mol. The molecule has 37 heavy (non-hydrogen) atoms. The first-order chi connectivity index (χ1) is 18.0. The van der Waals surface area contributed by atoms with Crippen LogP contribution in [0.5, 0.6) is 0 Å². The number of carbonyl (C=O) groups is 1. The van der Waals surface area contributed by atoms with Crippen molar-refractivity contribution < 1.29 is 9.53 Å². The molecular formula is C29H35N5O2S. The van der Waals surface area contributed by atoms with Crippen LogP contribution in [0.25, 0.3) is 22.4 Å². The second-order valence-electron chi connectivity index (χ2n) is 10.9. The molecule has 2 fully saturated rings. The topological polar surface area (TPSA) is 69.7 Å². The van der Waals surface area contributed by atoms with Crippen molar-refractivity contribution in [2.45, 2.75) is 32.4 Å². The summed E-state index contributed by atoms with van der Waals surface area (Å²) in [5.74, 6) is 0.0342. The second kappa shape index (κ2) is 10.2. The van der Waals surface area contributed by atoms with Crippen molar-refractivity contribution in [2.24, 2.45) is 0 Å². The van der Waals surface area contributed by atoms with E-state index >= 15 is 0 Å². The molecule has 0 atom stereocenters. The number of morpholine rings is 1. The van der Waals surface area contributed by atoms with Crippen LogP contribution < -0.4 is 15.5 Å². The van der Waals surface area contributed by atoms with E-state index in [1.165, 1.54) is 16.1 Å². The lowest BCUT2D eigenvalue weighted by Crippen LogP contribution is -2.48. The highest BCUT2D eigenvalue weighted by Crippen LogP contribution is 2.46. The van der Waals surface area contributed by atoms with Gasteiger partial charge in [0, 0.05) is 68.7 Å². The minimum absolute atomic E-state index is 0.0342. The SMILES string of the molecule is CC1(C)Cc2c(sc(N3CCOCC3)c2-c2ccnc(-c3cccc(CN4CCNCC4)c3)c2)C(=O)N1. The molecule has 6 rings (SSSR count). The predicted octanol–water partition coefficient (Wildman–Crippen LogP) is 3.78. The summed E-state index contributed by atoms with van der Waals surface area (Å²) in [5, 5.41) is 7.79. The number of amides is 1. The van der Waals surface area contributed by atoms with Crippen LogP contribution >= 0.6 is 11.3 Å². The van der Waals surface area contributed by atoms with Crippen LogP contribution in [-0.4, -0.2) is 73.8 Å². The normalized spacial score (nSPS) is 19.9. The van der Waals surface area contributed by atoms with Crippen molar-refractivity contribution in [3.05, 3.63) is 58.6 Å². The number of aromatic nitrogens is 1. The number of anilines is 1. The molecule has 3 aliphatic heterocycles. The van der Waals surface area contributed by atoms with Gasteiger partial charge in [0.2, 0.25) is 0 Å². The number of ether oxygens (including phenoxy) is 1. The largest absolute Gasteiger partial charge is 0.378 e. The van der Waals surface area contributed by atoms with Crippen LogP contribution in [0.15, 0.2) is 42.6 Å². The summed E-state index contributed by atoms with van der Waals surface area (Å²) in [6.07, 6.45) is 2.72. The third-order valence-electron chi connectivity index (χ3n) is 7.45. The lowest BCUT2D eigenvalue weighted by atomic mass is 9.87. The molecule has 2 aromatic heterocycles. The van der Waals surface area contributed by atoms with E-state index in [0.717, 1.165) is 79.5 Å². The molecule has 194 valence electrons. The Bertz CT molecular complexity index is 1290. The zero-order valence-corrected chi connectivity index (χ0v) is 22.5. The first-order valence-electron chi connectivity index (χ1n) is 13.3. The minimum Gasteiger partial charge on any atom is -0.378 e. The van der Waals surface area contributed by atoms with Crippen molar-refractivity contribution in [3.8, 4) is 22.4 Å². The number of fused-ring (bicyclic) bond motifs is 1. The number of nitrogens with zero attached hydrogens (tertiary/aromatic N) is 3. The summed E-state index contributed by atoms with van der Waals surface area (Å²) in [6, 6.07) is 13.1. The number of nitrogens with one attached hydrogen (secondary N) is 2. The molecule has 2 saturated heterocycles. The van der Waals surface area contributed by atoms with Crippen molar-refractivity contribution in [2.75, 3.05) is 57.4 Å². The molecule has 3 aromatic rings. The van der Waals surface area contributed by atoms with Gasteiger partial charge in [-0.2, -0.15) is 0 Å². The Morgan fingerprint density at radius 1 is 1.05 bits per heavy atom. The summed E-state index contributed by atoms with van der Waals surface area (Å²) in [4.78, 5) is 23.6. The zero-order chi connectivity index (χ0) is 25.4. The number of rotatable bonds is 5.